The Balaban J connectivity index is 3.29. The van der Waals surface area contributed by atoms with E-state index in [4.69, 9.17) is 0 Å². The number of alkyl halides is 3. The Kier molecular flexibility index (Phi) is 3.18. The maximum atomic E-state index is 11.3. The van der Waals surface area contributed by atoms with Crippen molar-refractivity contribution in [3.8, 4) is 0 Å². The minimum atomic E-state index is -4.25. The highest BCUT2D eigenvalue weighted by Crippen LogP contribution is 2.21. The fourth-order valence-corrected chi connectivity index (χ4v) is 0.433. The van der Waals surface area contributed by atoms with Crippen molar-refractivity contribution < 1.29 is 23.1 Å². The van der Waals surface area contributed by atoms with E-state index < -0.39 is 31.4 Å². The van der Waals surface area contributed by atoms with E-state index in [2.05, 4.69) is 0 Å². The van der Waals surface area contributed by atoms with Crippen LogP contribution < -0.4 is 0 Å². The van der Waals surface area contributed by atoms with Gasteiger partial charge in [0.2, 0.25) is 0 Å². The first-order chi connectivity index (χ1) is 4.42. The van der Waals surface area contributed by atoms with Crippen molar-refractivity contribution in [2.24, 2.45) is 0 Å². The summed E-state index contributed by atoms with van der Waals surface area (Å²) in [4.78, 5) is 9.61. The molecule has 0 aliphatic rings. The van der Waals surface area contributed by atoms with Crippen LogP contribution in [0.25, 0.3) is 0 Å². The summed E-state index contributed by atoms with van der Waals surface area (Å²) in [5, 5.41) is 9.61. The van der Waals surface area contributed by atoms with Crippen molar-refractivity contribution in [3.63, 3.8) is 0 Å². The van der Waals surface area contributed by atoms with Gasteiger partial charge in [-0.3, -0.25) is 0 Å². The molecule has 0 aromatic carbocycles. The highest BCUT2D eigenvalue weighted by molar-refractivity contribution is 5.66. The molecule has 0 amide bonds. The Labute approximate surface area is 55.7 Å². The second kappa shape index (κ2) is 3.43. The van der Waals surface area contributed by atoms with Gasteiger partial charge in [-0.25, -0.2) is 9.90 Å². The quantitative estimate of drug-likeness (QED) is 0.610. The number of halogens is 3. The standard InChI is InChI=1S/C5H6F3O2/c6-5(7,8)3-1-2-4(9)10/h1-3H2. The van der Waals surface area contributed by atoms with E-state index in [-0.39, 0.29) is 0 Å². The van der Waals surface area contributed by atoms with Crippen LogP contribution in [-0.4, -0.2) is 12.1 Å². The Bertz CT molecular complexity index is 119. The van der Waals surface area contributed by atoms with Gasteiger partial charge in [-0.05, 0) is 6.42 Å². The fraction of sp³-hybridized carbons (Fsp3) is 0.800. The molecule has 0 unspecified atom stereocenters. The first-order valence-electron chi connectivity index (χ1n) is 2.68. The Morgan fingerprint density at radius 3 is 2.10 bits per heavy atom. The average Bonchev–Trinajstić information content (AvgIpc) is 1.59. The SMILES string of the molecule is [O]C(=O)CCCC(F)(F)F. The highest BCUT2D eigenvalue weighted by atomic mass is 19.4. The van der Waals surface area contributed by atoms with Gasteiger partial charge in [0.1, 0.15) is 0 Å². The smallest absolute Gasteiger partial charge is 0.247 e. The first-order valence-corrected chi connectivity index (χ1v) is 2.68. The van der Waals surface area contributed by atoms with Gasteiger partial charge in [-0.2, -0.15) is 13.2 Å². The van der Waals surface area contributed by atoms with Crippen molar-refractivity contribution in [1.82, 2.24) is 0 Å². The Morgan fingerprint density at radius 2 is 1.80 bits per heavy atom. The number of hydrogen-bond donors (Lipinski definition) is 0. The molecule has 0 rings (SSSR count). The number of rotatable bonds is 3. The summed E-state index contributed by atoms with van der Waals surface area (Å²) in [6.45, 7) is 0. The lowest BCUT2D eigenvalue weighted by Gasteiger charge is -2.02. The second-order valence-corrected chi connectivity index (χ2v) is 1.84. The van der Waals surface area contributed by atoms with Crippen LogP contribution in [0.2, 0.25) is 0 Å². The molecule has 0 bridgehead atoms. The topological polar surface area (TPSA) is 37.0 Å². The van der Waals surface area contributed by atoms with E-state index in [1.807, 2.05) is 0 Å². The molecule has 10 heavy (non-hydrogen) atoms. The lowest BCUT2D eigenvalue weighted by Crippen LogP contribution is -2.07. The van der Waals surface area contributed by atoms with Crippen LogP contribution in [0.3, 0.4) is 0 Å². The largest absolute Gasteiger partial charge is 0.389 e. The van der Waals surface area contributed by atoms with Crippen LogP contribution >= 0.6 is 0 Å². The van der Waals surface area contributed by atoms with Crippen molar-refractivity contribution in [3.05, 3.63) is 0 Å². The van der Waals surface area contributed by atoms with Crippen LogP contribution in [0.1, 0.15) is 19.3 Å². The van der Waals surface area contributed by atoms with Crippen LogP contribution in [-0.2, 0) is 9.90 Å². The lowest BCUT2D eigenvalue weighted by atomic mass is 10.2. The van der Waals surface area contributed by atoms with Crippen molar-refractivity contribution in [1.29, 1.82) is 0 Å². The molecule has 0 aromatic rings. The lowest BCUT2D eigenvalue weighted by molar-refractivity contribution is -0.147. The van der Waals surface area contributed by atoms with Gasteiger partial charge in [0.25, 0.3) is 0 Å². The zero-order valence-corrected chi connectivity index (χ0v) is 5.07. The molecule has 0 aliphatic heterocycles. The van der Waals surface area contributed by atoms with Gasteiger partial charge in [-0.1, -0.05) is 0 Å². The molecule has 0 saturated carbocycles. The van der Waals surface area contributed by atoms with Crippen molar-refractivity contribution in [2.45, 2.75) is 25.4 Å². The van der Waals surface area contributed by atoms with Gasteiger partial charge >= 0.3 is 12.1 Å². The predicted octanol–water partition coefficient (Wildman–Crippen LogP) is 1.68. The molecule has 1 radical (unpaired) electrons. The minimum Gasteiger partial charge on any atom is -0.247 e. The third-order valence-corrected chi connectivity index (χ3v) is 0.841. The summed E-state index contributed by atoms with van der Waals surface area (Å²) < 4.78 is 33.9. The summed E-state index contributed by atoms with van der Waals surface area (Å²) >= 11 is 0. The third-order valence-electron chi connectivity index (χ3n) is 0.841. The predicted molar refractivity (Wildman–Crippen MR) is 25.6 cm³/mol. The molecule has 0 spiro atoms. The zero-order chi connectivity index (χ0) is 8.20. The summed E-state index contributed by atoms with van der Waals surface area (Å²) in [5.41, 5.74) is 0. The van der Waals surface area contributed by atoms with Gasteiger partial charge in [0.15, 0.2) is 0 Å². The van der Waals surface area contributed by atoms with Crippen LogP contribution in [0.5, 0.6) is 0 Å². The minimum absolute atomic E-state index is 0.397. The molecule has 0 N–H and O–H groups in total. The Hall–Kier alpha value is -0.740. The van der Waals surface area contributed by atoms with E-state index in [1.54, 1.807) is 0 Å². The first kappa shape index (κ1) is 9.26. The zero-order valence-electron chi connectivity index (χ0n) is 5.07. The summed E-state index contributed by atoms with van der Waals surface area (Å²) in [5.74, 6) is -1.44. The van der Waals surface area contributed by atoms with Gasteiger partial charge in [0, 0.05) is 6.42 Å². The summed E-state index contributed by atoms with van der Waals surface area (Å²) in [6, 6.07) is 0. The van der Waals surface area contributed by atoms with E-state index in [0.717, 1.165) is 0 Å². The van der Waals surface area contributed by atoms with Crippen molar-refractivity contribution in [2.75, 3.05) is 0 Å². The van der Waals surface area contributed by atoms with Crippen LogP contribution in [0.15, 0.2) is 0 Å². The fourth-order valence-electron chi connectivity index (χ4n) is 0.433. The molecule has 0 atom stereocenters. The number of hydrogen-bond acceptors (Lipinski definition) is 1. The van der Waals surface area contributed by atoms with Gasteiger partial charge in [-0.15, -0.1) is 0 Å². The van der Waals surface area contributed by atoms with Gasteiger partial charge < -0.3 is 0 Å². The molecule has 0 aliphatic carbocycles. The molecule has 0 aromatic heterocycles. The van der Waals surface area contributed by atoms with E-state index in [9.17, 15) is 23.1 Å². The summed E-state index contributed by atoms with van der Waals surface area (Å²) in [6.07, 6.45) is -6.23. The molecular weight excluding hydrogens is 149 g/mol. The van der Waals surface area contributed by atoms with Crippen molar-refractivity contribution >= 4 is 5.97 Å². The van der Waals surface area contributed by atoms with Crippen LogP contribution in [0.4, 0.5) is 13.2 Å². The molecule has 0 heterocycles. The molecule has 5 heteroatoms. The third kappa shape index (κ3) is 7.26. The molecular formula is C5H6F3O2. The Morgan fingerprint density at radius 1 is 1.30 bits per heavy atom. The maximum absolute atomic E-state index is 11.3. The molecule has 2 nitrogen and oxygen atoms in total. The van der Waals surface area contributed by atoms with E-state index in [0.29, 0.717) is 0 Å². The average molecular weight is 155 g/mol. The second-order valence-electron chi connectivity index (χ2n) is 1.84. The maximum Gasteiger partial charge on any atom is 0.389 e. The summed E-state index contributed by atoms with van der Waals surface area (Å²) in [7, 11) is 0. The molecule has 59 valence electrons. The number of carbonyl (C=O) groups excluding carboxylic acids is 1. The van der Waals surface area contributed by atoms with E-state index >= 15 is 0 Å². The molecule has 0 fully saturated rings. The monoisotopic (exact) mass is 155 g/mol. The van der Waals surface area contributed by atoms with Crippen LogP contribution in [0, 0.1) is 0 Å². The normalized spacial score (nSPS) is 11.5. The van der Waals surface area contributed by atoms with E-state index in [1.165, 1.54) is 0 Å². The highest BCUT2D eigenvalue weighted by Gasteiger charge is 2.26. The number of carbonyl (C=O) groups is 1. The molecule has 0 saturated heterocycles. The van der Waals surface area contributed by atoms with Gasteiger partial charge in [0.05, 0.1) is 6.42 Å².